The van der Waals surface area contributed by atoms with E-state index in [0.29, 0.717) is 18.4 Å². The van der Waals surface area contributed by atoms with Crippen molar-refractivity contribution in [2.75, 3.05) is 11.5 Å². The average Bonchev–Trinajstić information content (AvgIpc) is 2.29. The lowest BCUT2D eigenvalue weighted by Crippen LogP contribution is -2.22. The largest absolute Gasteiger partial charge is 0.260 e. The second-order valence-electron chi connectivity index (χ2n) is 4.01. The topological polar surface area (TPSA) is 70.8 Å². The summed E-state index contributed by atoms with van der Waals surface area (Å²) in [6.07, 6.45) is 2.82. The summed E-state index contributed by atoms with van der Waals surface area (Å²) in [5.41, 5.74) is 1.43. The van der Waals surface area contributed by atoms with Crippen LogP contribution >= 0.6 is 0 Å². The zero-order valence-electron chi connectivity index (χ0n) is 8.76. The van der Waals surface area contributed by atoms with Crippen molar-refractivity contribution in [2.45, 2.75) is 18.8 Å². The summed E-state index contributed by atoms with van der Waals surface area (Å²) >= 11 is 0. The lowest BCUT2D eigenvalue weighted by Gasteiger charge is -2.21. The number of sulfone groups is 1. The fourth-order valence-electron chi connectivity index (χ4n) is 1.90. The fourth-order valence-corrected chi connectivity index (χ4v) is 3.39. The van der Waals surface area contributed by atoms with Crippen molar-refractivity contribution in [3.8, 4) is 6.07 Å². The molecular weight excluding hydrogens is 224 g/mol. The van der Waals surface area contributed by atoms with Gasteiger partial charge in [0.2, 0.25) is 0 Å². The van der Waals surface area contributed by atoms with Crippen molar-refractivity contribution in [1.82, 2.24) is 4.98 Å². The van der Waals surface area contributed by atoms with E-state index < -0.39 is 9.84 Å². The molecule has 1 saturated heterocycles. The predicted molar refractivity (Wildman–Crippen MR) is 59.6 cm³/mol. The summed E-state index contributed by atoms with van der Waals surface area (Å²) in [5.74, 6) is 0.717. The standard InChI is InChI=1S/C11H12N2O2S/c12-7-9-1-2-11(13-8-9)10-3-5-16(14,15)6-4-10/h1-2,8,10H,3-6H2. The van der Waals surface area contributed by atoms with Gasteiger partial charge in [-0.05, 0) is 25.0 Å². The lowest BCUT2D eigenvalue weighted by atomic mass is 9.98. The number of hydrogen-bond donors (Lipinski definition) is 0. The fraction of sp³-hybridized carbons (Fsp3) is 0.455. The van der Waals surface area contributed by atoms with Crippen molar-refractivity contribution in [2.24, 2.45) is 0 Å². The van der Waals surface area contributed by atoms with Gasteiger partial charge in [0, 0.05) is 17.8 Å². The number of nitriles is 1. The molecule has 0 amide bonds. The van der Waals surface area contributed by atoms with E-state index in [9.17, 15) is 8.42 Å². The van der Waals surface area contributed by atoms with Gasteiger partial charge in [0.1, 0.15) is 15.9 Å². The molecule has 0 aromatic carbocycles. The Morgan fingerprint density at radius 3 is 2.50 bits per heavy atom. The Morgan fingerprint density at radius 1 is 1.31 bits per heavy atom. The zero-order valence-corrected chi connectivity index (χ0v) is 9.57. The molecular formula is C11H12N2O2S. The van der Waals surface area contributed by atoms with Crippen LogP contribution in [0.2, 0.25) is 0 Å². The van der Waals surface area contributed by atoms with E-state index in [1.807, 2.05) is 12.1 Å². The number of nitrogens with zero attached hydrogens (tertiary/aromatic N) is 2. The third-order valence-corrected chi connectivity index (χ3v) is 4.60. The van der Waals surface area contributed by atoms with Crippen molar-refractivity contribution < 1.29 is 8.42 Å². The number of pyridine rings is 1. The predicted octanol–water partition coefficient (Wildman–Crippen LogP) is 1.25. The van der Waals surface area contributed by atoms with E-state index in [-0.39, 0.29) is 17.4 Å². The van der Waals surface area contributed by atoms with Crippen LogP contribution in [0.1, 0.15) is 30.0 Å². The Labute approximate surface area is 94.9 Å². The van der Waals surface area contributed by atoms with Crippen molar-refractivity contribution >= 4 is 9.84 Å². The molecule has 0 bridgehead atoms. The second-order valence-corrected chi connectivity index (χ2v) is 6.31. The van der Waals surface area contributed by atoms with Gasteiger partial charge in [-0.2, -0.15) is 5.26 Å². The molecule has 1 fully saturated rings. The lowest BCUT2D eigenvalue weighted by molar-refractivity contribution is 0.544. The van der Waals surface area contributed by atoms with Crippen LogP contribution in [0, 0.1) is 11.3 Å². The van der Waals surface area contributed by atoms with Gasteiger partial charge in [-0.3, -0.25) is 4.98 Å². The van der Waals surface area contributed by atoms with Gasteiger partial charge in [-0.1, -0.05) is 0 Å². The van der Waals surface area contributed by atoms with Crippen LogP contribution in [0.5, 0.6) is 0 Å². The maximum Gasteiger partial charge on any atom is 0.150 e. The first-order valence-corrected chi connectivity index (χ1v) is 6.99. The average molecular weight is 236 g/mol. The first-order chi connectivity index (χ1) is 7.61. The maximum absolute atomic E-state index is 11.3. The van der Waals surface area contributed by atoms with E-state index in [2.05, 4.69) is 4.98 Å². The van der Waals surface area contributed by atoms with Gasteiger partial charge >= 0.3 is 0 Å². The van der Waals surface area contributed by atoms with Crippen molar-refractivity contribution in [3.05, 3.63) is 29.6 Å². The highest BCUT2D eigenvalue weighted by Gasteiger charge is 2.25. The van der Waals surface area contributed by atoms with Gasteiger partial charge in [0.25, 0.3) is 0 Å². The second kappa shape index (κ2) is 4.22. The monoisotopic (exact) mass is 236 g/mol. The molecule has 1 aliphatic rings. The van der Waals surface area contributed by atoms with Crippen LogP contribution in [0.15, 0.2) is 18.3 Å². The van der Waals surface area contributed by atoms with Gasteiger partial charge < -0.3 is 0 Å². The van der Waals surface area contributed by atoms with E-state index in [0.717, 1.165) is 5.69 Å². The van der Waals surface area contributed by atoms with Crippen LogP contribution in [-0.4, -0.2) is 24.9 Å². The van der Waals surface area contributed by atoms with E-state index in [1.165, 1.54) is 0 Å². The molecule has 4 nitrogen and oxygen atoms in total. The molecule has 0 N–H and O–H groups in total. The molecule has 1 aliphatic heterocycles. The molecule has 0 aliphatic carbocycles. The Kier molecular flexibility index (Phi) is 2.92. The zero-order chi connectivity index (χ0) is 11.6. The van der Waals surface area contributed by atoms with Crippen molar-refractivity contribution in [3.63, 3.8) is 0 Å². The van der Waals surface area contributed by atoms with E-state index >= 15 is 0 Å². The number of aromatic nitrogens is 1. The highest BCUT2D eigenvalue weighted by molar-refractivity contribution is 7.91. The summed E-state index contributed by atoms with van der Waals surface area (Å²) < 4.78 is 22.5. The molecule has 0 atom stereocenters. The van der Waals surface area contributed by atoms with Crippen LogP contribution in [0.3, 0.4) is 0 Å². The van der Waals surface area contributed by atoms with Crippen LogP contribution in [0.4, 0.5) is 0 Å². The van der Waals surface area contributed by atoms with Gasteiger partial charge in [0.15, 0.2) is 0 Å². The van der Waals surface area contributed by atoms with Crippen molar-refractivity contribution in [1.29, 1.82) is 5.26 Å². The molecule has 0 radical (unpaired) electrons. The summed E-state index contributed by atoms with van der Waals surface area (Å²) in [6, 6.07) is 5.56. The molecule has 5 heteroatoms. The normalized spacial score (nSPS) is 20.2. The molecule has 16 heavy (non-hydrogen) atoms. The molecule has 0 spiro atoms. The van der Waals surface area contributed by atoms with E-state index in [4.69, 9.17) is 5.26 Å². The summed E-state index contributed by atoms with van der Waals surface area (Å²) in [6.45, 7) is 0. The van der Waals surface area contributed by atoms with Crippen LogP contribution in [-0.2, 0) is 9.84 Å². The number of rotatable bonds is 1. The SMILES string of the molecule is N#Cc1ccc(C2CCS(=O)(=O)CC2)nc1. The first kappa shape index (κ1) is 11.1. The minimum atomic E-state index is -2.82. The minimum absolute atomic E-state index is 0.219. The quantitative estimate of drug-likeness (QED) is 0.735. The molecule has 1 aromatic heterocycles. The Hall–Kier alpha value is -1.41. The summed E-state index contributed by atoms with van der Waals surface area (Å²) in [5, 5.41) is 8.64. The molecule has 84 valence electrons. The smallest absolute Gasteiger partial charge is 0.150 e. The van der Waals surface area contributed by atoms with Crippen LogP contribution < -0.4 is 0 Å². The molecule has 1 aromatic rings. The highest BCUT2D eigenvalue weighted by Crippen LogP contribution is 2.27. The van der Waals surface area contributed by atoms with Gasteiger partial charge in [-0.25, -0.2) is 8.42 Å². The minimum Gasteiger partial charge on any atom is -0.260 e. The summed E-state index contributed by atoms with van der Waals surface area (Å²) in [4.78, 5) is 4.20. The third kappa shape index (κ3) is 2.39. The number of hydrogen-bond acceptors (Lipinski definition) is 4. The maximum atomic E-state index is 11.3. The Morgan fingerprint density at radius 2 is 2.00 bits per heavy atom. The first-order valence-electron chi connectivity index (χ1n) is 5.17. The van der Waals surface area contributed by atoms with Gasteiger partial charge in [-0.15, -0.1) is 0 Å². The highest BCUT2D eigenvalue weighted by atomic mass is 32.2. The third-order valence-electron chi connectivity index (χ3n) is 2.89. The van der Waals surface area contributed by atoms with Gasteiger partial charge in [0.05, 0.1) is 17.1 Å². The molecule has 0 saturated carbocycles. The van der Waals surface area contributed by atoms with E-state index in [1.54, 1.807) is 12.3 Å². The molecule has 2 heterocycles. The molecule has 0 unspecified atom stereocenters. The Balaban J connectivity index is 2.12. The Bertz CT molecular complexity index is 500. The summed E-state index contributed by atoms with van der Waals surface area (Å²) in [7, 11) is -2.82. The molecule has 2 rings (SSSR count). The van der Waals surface area contributed by atoms with Crippen LogP contribution in [0.25, 0.3) is 0 Å².